The standard InChI is InChI=1S/C14H14BrN3O3/c1-7-3-9(15)5-18-11(7)16-13(17-18)14-4-8(6-21-14)10(14)12(19)20-2/h3,5,8,10H,4,6H2,1-2H3. The van der Waals surface area contributed by atoms with Crippen LogP contribution in [0.3, 0.4) is 0 Å². The van der Waals surface area contributed by atoms with Gasteiger partial charge in [-0.2, -0.15) is 0 Å². The molecule has 0 amide bonds. The van der Waals surface area contributed by atoms with Gasteiger partial charge < -0.3 is 9.47 Å². The third kappa shape index (κ3) is 1.64. The Labute approximate surface area is 129 Å². The molecule has 1 aliphatic carbocycles. The second kappa shape index (κ2) is 4.27. The molecule has 0 N–H and O–H groups in total. The fraction of sp³-hybridized carbons (Fsp3) is 0.500. The first-order chi connectivity index (χ1) is 10.0. The number of ether oxygens (including phenoxy) is 2. The lowest BCUT2D eigenvalue weighted by molar-refractivity contribution is -0.164. The van der Waals surface area contributed by atoms with E-state index in [-0.39, 0.29) is 17.8 Å². The Balaban J connectivity index is 1.83. The van der Waals surface area contributed by atoms with E-state index in [1.165, 1.54) is 7.11 Å². The van der Waals surface area contributed by atoms with Crippen LogP contribution in [0.4, 0.5) is 0 Å². The zero-order chi connectivity index (χ0) is 14.8. The molecule has 2 aliphatic heterocycles. The van der Waals surface area contributed by atoms with Crippen LogP contribution < -0.4 is 0 Å². The van der Waals surface area contributed by atoms with Crippen LogP contribution in [0.25, 0.3) is 5.65 Å². The lowest BCUT2D eigenvalue weighted by Crippen LogP contribution is -2.50. The third-order valence-corrected chi connectivity index (χ3v) is 4.95. The summed E-state index contributed by atoms with van der Waals surface area (Å²) in [5, 5.41) is 4.54. The minimum Gasteiger partial charge on any atom is -0.469 e. The van der Waals surface area contributed by atoms with Crippen LogP contribution in [0, 0.1) is 18.8 Å². The average Bonchev–Trinajstić information content (AvgIpc) is 3.09. The molecule has 6 nitrogen and oxygen atoms in total. The highest BCUT2D eigenvalue weighted by atomic mass is 79.9. The molecule has 3 aliphatic rings. The SMILES string of the molecule is COC(=O)C1C2COC1(c1nc3c(C)cc(Br)cn3n1)C2. The number of pyridine rings is 1. The molecule has 3 unspecified atom stereocenters. The lowest BCUT2D eigenvalue weighted by atomic mass is 9.64. The number of aryl methyl sites for hydroxylation is 1. The van der Waals surface area contributed by atoms with E-state index in [4.69, 9.17) is 9.47 Å². The monoisotopic (exact) mass is 351 g/mol. The first kappa shape index (κ1) is 13.2. The smallest absolute Gasteiger partial charge is 0.312 e. The van der Waals surface area contributed by atoms with E-state index in [0.717, 1.165) is 22.1 Å². The summed E-state index contributed by atoms with van der Waals surface area (Å²) in [4.78, 5) is 16.6. The maximum absolute atomic E-state index is 12.0. The maximum atomic E-state index is 12.0. The van der Waals surface area contributed by atoms with Crippen molar-refractivity contribution < 1.29 is 14.3 Å². The maximum Gasteiger partial charge on any atom is 0.312 e. The Bertz CT molecular complexity index is 755. The number of nitrogens with zero attached hydrogens (tertiary/aromatic N) is 3. The fourth-order valence-corrected chi connectivity index (χ4v) is 4.04. The van der Waals surface area contributed by atoms with Gasteiger partial charge in [0.25, 0.3) is 0 Å². The molecule has 3 fully saturated rings. The summed E-state index contributed by atoms with van der Waals surface area (Å²) in [7, 11) is 1.41. The highest BCUT2D eigenvalue weighted by molar-refractivity contribution is 9.10. The first-order valence-electron chi connectivity index (χ1n) is 6.80. The highest BCUT2D eigenvalue weighted by Crippen LogP contribution is 2.59. The second-order valence-electron chi connectivity index (χ2n) is 5.71. The van der Waals surface area contributed by atoms with E-state index in [1.54, 1.807) is 4.52 Å². The quantitative estimate of drug-likeness (QED) is 0.772. The molecule has 21 heavy (non-hydrogen) atoms. The first-order valence-corrected chi connectivity index (χ1v) is 7.59. The van der Waals surface area contributed by atoms with Crippen LogP contribution >= 0.6 is 15.9 Å². The van der Waals surface area contributed by atoms with Gasteiger partial charge in [-0.1, -0.05) is 0 Å². The summed E-state index contributed by atoms with van der Waals surface area (Å²) in [6, 6.07) is 1.99. The molecule has 4 heterocycles. The molecule has 3 atom stereocenters. The normalized spacial score (nSPS) is 30.4. The van der Waals surface area contributed by atoms with Crippen molar-refractivity contribution in [3.63, 3.8) is 0 Å². The van der Waals surface area contributed by atoms with Gasteiger partial charge in [-0.25, -0.2) is 9.50 Å². The minimum atomic E-state index is -0.706. The Morgan fingerprint density at radius 2 is 2.43 bits per heavy atom. The van der Waals surface area contributed by atoms with E-state index in [2.05, 4.69) is 26.0 Å². The Morgan fingerprint density at radius 3 is 3.14 bits per heavy atom. The number of rotatable bonds is 2. The number of hydrogen-bond donors (Lipinski definition) is 0. The van der Waals surface area contributed by atoms with E-state index in [1.807, 2.05) is 19.2 Å². The van der Waals surface area contributed by atoms with Crippen molar-refractivity contribution >= 4 is 27.5 Å². The predicted octanol–water partition coefficient (Wildman–Crippen LogP) is 1.83. The zero-order valence-electron chi connectivity index (χ0n) is 11.7. The number of esters is 1. The van der Waals surface area contributed by atoms with Gasteiger partial charge >= 0.3 is 5.97 Å². The van der Waals surface area contributed by atoms with Gasteiger partial charge in [0.15, 0.2) is 11.5 Å². The summed E-state index contributed by atoms with van der Waals surface area (Å²) >= 11 is 3.45. The van der Waals surface area contributed by atoms with Crippen LogP contribution in [0.1, 0.15) is 17.8 Å². The molecule has 0 radical (unpaired) electrons. The Hall–Kier alpha value is -1.47. The van der Waals surface area contributed by atoms with Gasteiger partial charge in [0.05, 0.1) is 19.6 Å². The number of aromatic nitrogens is 3. The fourth-order valence-electron chi connectivity index (χ4n) is 3.51. The average molecular weight is 352 g/mol. The van der Waals surface area contributed by atoms with Gasteiger partial charge in [0.2, 0.25) is 0 Å². The van der Waals surface area contributed by atoms with Gasteiger partial charge in [0, 0.05) is 16.6 Å². The number of methoxy groups -OCH3 is 1. The van der Waals surface area contributed by atoms with Gasteiger partial charge in [-0.15, -0.1) is 5.10 Å². The van der Waals surface area contributed by atoms with Crippen LogP contribution in [0.2, 0.25) is 0 Å². The number of fused-ring (bicyclic) bond motifs is 2. The largest absolute Gasteiger partial charge is 0.469 e. The van der Waals surface area contributed by atoms with Crippen molar-refractivity contribution in [3.8, 4) is 0 Å². The van der Waals surface area contributed by atoms with Gasteiger partial charge in [0.1, 0.15) is 5.60 Å². The highest BCUT2D eigenvalue weighted by Gasteiger charge is 2.67. The summed E-state index contributed by atoms with van der Waals surface area (Å²) in [5.41, 5.74) is 1.09. The lowest BCUT2D eigenvalue weighted by Gasteiger charge is -2.40. The van der Waals surface area contributed by atoms with Crippen molar-refractivity contribution in [2.75, 3.05) is 13.7 Å². The van der Waals surface area contributed by atoms with Crippen LogP contribution in [0.5, 0.6) is 0 Å². The third-order valence-electron chi connectivity index (χ3n) is 4.51. The van der Waals surface area contributed by atoms with E-state index in [0.29, 0.717) is 12.4 Å². The Kier molecular flexibility index (Phi) is 2.68. The van der Waals surface area contributed by atoms with E-state index < -0.39 is 5.60 Å². The van der Waals surface area contributed by atoms with Gasteiger partial charge in [-0.05, 0) is 40.9 Å². The molecule has 7 heteroatoms. The van der Waals surface area contributed by atoms with Crippen LogP contribution in [-0.4, -0.2) is 34.3 Å². The second-order valence-corrected chi connectivity index (χ2v) is 6.63. The van der Waals surface area contributed by atoms with E-state index >= 15 is 0 Å². The number of halogens is 1. The number of carbonyl (C=O) groups excluding carboxylic acids is 1. The van der Waals surface area contributed by atoms with Crippen LogP contribution in [-0.2, 0) is 19.9 Å². The van der Waals surface area contributed by atoms with Crippen molar-refractivity contribution in [3.05, 3.63) is 28.1 Å². The predicted molar refractivity (Wildman–Crippen MR) is 76.7 cm³/mol. The molecule has 1 saturated carbocycles. The molecule has 2 bridgehead atoms. The topological polar surface area (TPSA) is 65.7 Å². The Morgan fingerprint density at radius 1 is 1.62 bits per heavy atom. The van der Waals surface area contributed by atoms with Gasteiger partial charge in [-0.3, -0.25) is 4.79 Å². The molecule has 2 aromatic rings. The molecular formula is C14H14BrN3O3. The summed E-state index contributed by atoms with van der Waals surface area (Å²) in [6.07, 6.45) is 2.64. The number of carbonyl (C=O) groups is 1. The molecule has 2 saturated heterocycles. The summed E-state index contributed by atoms with van der Waals surface area (Å²) in [5.74, 6) is 0.272. The number of hydrogen-bond acceptors (Lipinski definition) is 5. The molecule has 5 rings (SSSR count). The molecular weight excluding hydrogens is 338 g/mol. The van der Waals surface area contributed by atoms with Crippen molar-refractivity contribution in [1.82, 2.24) is 14.6 Å². The molecule has 110 valence electrons. The zero-order valence-corrected chi connectivity index (χ0v) is 13.3. The molecule has 2 aromatic heterocycles. The van der Waals surface area contributed by atoms with E-state index in [9.17, 15) is 4.79 Å². The van der Waals surface area contributed by atoms with Crippen molar-refractivity contribution in [1.29, 1.82) is 0 Å². The molecule has 0 spiro atoms. The summed E-state index contributed by atoms with van der Waals surface area (Å²) in [6.45, 7) is 2.55. The van der Waals surface area contributed by atoms with Crippen molar-refractivity contribution in [2.24, 2.45) is 11.8 Å². The summed E-state index contributed by atoms with van der Waals surface area (Å²) < 4.78 is 13.5. The minimum absolute atomic E-state index is 0.219. The van der Waals surface area contributed by atoms with Crippen molar-refractivity contribution in [2.45, 2.75) is 18.9 Å². The van der Waals surface area contributed by atoms with Crippen LogP contribution in [0.15, 0.2) is 16.7 Å². The molecule has 0 aromatic carbocycles.